The number of urea groups is 1. The number of carbonyl (C=O) groups is 2. The van der Waals surface area contributed by atoms with E-state index >= 15 is 0 Å². The fourth-order valence-corrected chi connectivity index (χ4v) is 3.66. The number of carbonyl (C=O) groups excluding carboxylic acids is 2. The molecule has 7 heteroatoms. The molecule has 1 aliphatic rings. The normalized spacial score (nSPS) is 14.4. The summed E-state index contributed by atoms with van der Waals surface area (Å²) in [6, 6.07) is 7.99. The lowest BCUT2D eigenvalue weighted by atomic mass is 10.0. The number of benzene rings is 1. The van der Waals surface area contributed by atoms with Gasteiger partial charge in [-0.25, -0.2) is 9.59 Å². The summed E-state index contributed by atoms with van der Waals surface area (Å²) in [7, 11) is 1.76. The van der Waals surface area contributed by atoms with Gasteiger partial charge in [-0.15, -0.1) is 0 Å². The van der Waals surface area contributed by atoms with Crippen molar-refractivity contribution in [2.24, 2.45) is 0 Å². The minimum Gasteiger partial charge on any atom is -0.444 e. The monoisotopic (exact) mass is 447 g/mol. The van der Waals surface area contributed by atoms with Crippen LogP contribution in [-0.2, 0) is 15.9 Å². The third kappa shape index (κ3) is 9.90. The molecule has 0 atom stereocenters. The van der Waals surface area contributed by atoms with E-state index in [0.717, 1.165) is 25.1 Å². The maximum Gasteiger partial charge on any atom is 0.410 e. The molecule has 1 heterocycles. The second-order valence-corrected chi connectivity index (χ2v) is 9.45. The highest BCUT2D eigenvalue weighted by atomic mass is 16.6. The Balaban J connectivity index is 1.65. The van der Waals surface area contributed by atoms with Crippen molar-refractivity contribution in [2.75, 3.05) is 45.2 Å². The Bertz CT molecular complexity index is 692. The van der Waals surface area contributed by atoms with Crippen molar-refractivity contribution in [1.82, 2.24) is 9.80 Å². The zero-order valence-corrected chi connectivity index (χ0v) is 20.3. The van der Waals surface area contributed by atoms with Gasteiger partial charge in [-0.3, -0.25) is 0 Å². The molecule has 1 saturated heterocycles. The Morgan fingerprint density at radius 1 is 0.875 bits per heavy atom. The van der Waals surface area contributed by atoms with Crippen LogP contribution in [0.25, 0.3) is 0 Å². The van der Waals surface area contributed by atoms with Gasteiger partial charge in [0.05, 0.1) is 0 Å². The fraction of sp³-hybridized carbons (Fsp3) is 0.680. The predicted octanol–water partition coefficient (Wildman–Crippen LogP) is 5.30. The van der Waals surface area contributed by atoms with E-state index in [4.69, 9.17) is 9.47 Å². The van der Waals surface area contributed by atoms with Gasteiger partial charge in [0.25, 0.3) is 0 Å². The molecule has 0 aromatic heterocycles. The predicted molar refractivity (Wildman–Crippen MR) is 128 cm³/mol. The molecule has 0 unspecified atom stereocenters. The molecule has 180 valence electrons. The molecule has 1 aromatic carbocycles. The second-order valence-electron chi connectivity index (χ2n) is 9.45. The lowest BCUT2D eigenvalue weighted by molar-refractivity contribution is 0.0174. The first-order chi connectivity index (χ1) is 15.3. The summed E-state index contributed by atoms with van der Waals surface area (Å²) in [5, 5.41) is 2.96. The molecule has 0 saturated carbocycles. The Morgan fingerprint density at radius 2 is 1.44 bits per heavy atom. The number of rotatable bonds is 10. The Hall–Kier alpha value is -2.28. The topological polar surface area (TPSA) is 71.1 Å². The Kier molecular flexibility index (Phi) is 10.8. The number of hydrogen-bond donors (Lipinski definition) is 1. The summed E-state index contributed by atoms with van der Waals surface area (Å²) in [6.07, 6.45) is 8.15. The average Bonchev–Trinajstić information content (AvgIpc) is 2.75. The third-order valence-electron chi connectivity index (χ3n) is 5.49. The van der Waals surface area contributed by atoms with Crippen LogP contribution in [0, 0.1) is 0 Å². The summed E-state index contributed by atoms with van der Waals surface area (Å²) < 4.78 is 10.5. The van der Waals surface area contributed by atoms with E-state index in [1.807, 2.05) is 32.9 Å². The molecular formula is C25H41N3O4. The van der Waals surface area contributed by atoms with Gasteiger partial charge >= 0.3 is 12.1 Å². The quantitative estimate of drug-likeness (QED) is 0.494. The molecule has 0 radical (unpaired) electrons. The SMILES string of the molecule is COCCCCCCCCc1ccc(NC(=O)N2CCN(C(=O)OC(C)(C)C)CC2)cc1. The summed E-state index contributed by atoms with van der Waals surface area (Å²) in [6.45, 7) is 8.37. The number of methoxy groups -OCH3 is 1. The van der Waals surface area contributed by atoms with Gasteiger partial charge in [-0.1, -0.05) is 37.8 Å². The lowest BCUT2D eigenvalue weighted by Gasteiger charge is -2.35. The zero-order valence-electron chi connectivity index (χ0n) is 20.3. The molecule has 7 nitrogen and oxygen atoms in total. The Labute approximate surface area is 193 Å². The van der Waals surface area contributed by atoms with Crippen molar-refractivity contribution in [1.29, 1.82) is 0 Å². The van der Waals surface area contributed by atoms with Crippen LogP contribution < -0.4 is 5.32 Å². The van der Waals surface area contributed by atoms with Crippen molar-refractivity contribution < 1.29 is 19.1 Å². The number of piperazine rings is 1. The standard InChI is InChI=1S/C25H41N3O4/c1-25(2,3)32-24(30)28-18-16-27(17-19-28)23(29)26-22-14-12-21(13-15-22)11-9-7-5-6-8-10-20-31-4/h12-15H,5-11,16-20H2,1-4H3,(H,26,29). The van der Waals surface area contributed by atoms with Crippen molar-refractivity contribution >= 4 is 17.8 Å². The number of ether oxygens (including phenoxy) is 2. The second kappa shape index (κ2) is 13.3. The molecule has 0 spiro atoms. The lowest BCUT2D eigenvalue weighted by Crippen LogP contribution is -2.52. The van der Waals surface area contributed by atoms with Crippen LogP contribution in [0.5, 0.6) is 0 Å². The smallest absolute Gasteiger partial charge is 0.410 e. The number of nitrogens with one attached hydrogen (secondary N) is 1. The van der Waals surface area contributed by atoms with E-state index in [1.54, 1.807) is 16.9 Å². The third-order valence-corrected chi connectivity index (χ3v) is 5.49. The number of aryl methyl sites for hydroxylation is 1. The van der Waals surface area contributed by atoms with E-state index < -0.39 is 5.60 Å². The molecule has 0 aliphatic carbocycles. The zero-order chi connectivity index (χ0) is 23.4. The van der Waals surface area contributed by atoms with Gasteiger partial charge in [0.2, 0.25) is 0 Å². The fourth-order valence-electron chi connectivity index (χ4n) is 3.66. The first-order valence-corrected chi connectivity index (χ1v) is 11.9. The van der Waals surface area contributed by atoms with Crippen LogP contribution in [0.15, 0.2) is 24.3 Å². The highest BCUT2D eigenvalue weighted by molar-refractivity contribution is 5.89. The molecular weight excluding hydrogens is 406 g/mol. The van der Waals surface area contributed by atoms with Gasteiger partial charge in [-0.2, -0.15) is 0 Å². The van der Waals surface area contributed by atoms with Crippen molar-refractivity contribution in [2.45, 2.75) is 71.3 Å². The average molecular weight is 448 g/mol. The van der Waals surface area contributed by atoms with E-state index in [-0.39, 0.29) is 12.1 Å². The van der Waals surface area contributed by atoms with Gasteiger partial charge in [0.15, 0.2) is 0 Å². The van der Waals surface area contributed by atoms with Crippen LogP contribution in [0.1, 0.15) is 64.9 Å². The molecule has 2 rings (SSSR count). The van der Waals surface area contributed by atoms with Gasteiger partial charge in [0, 0.05) is 45.6 Å². The van der Waals surface area contributed by atoms with E-state index in [0.29, 0.717) is 26.2 Å². The number of hydrogen-bond acceptors (Lipinski definition) is 4. The molecule has 0 bridgehead atoms. The maximum absolute atomic E-state index is 12.6. The maximum atomic E-state index is 12.6. The molecule has 1 aliphatic heterocycles. The molecule has 1 aromatic rings. The summed E-state index contributed by atoms with van der Waals surface area (Å²) >= 11 is 0. The van der Waals surface area contributed by atoms with E-state index in [1.165, 1.54) is 37.7 Å². The number of anilines is 1. The molecule has 1 N–H and O–H groups in total. The number of nitrogens with zero attached hydrogens (tertiary/aromatic N) is 2. The van der Waals surface area contributed by atoms with E-state index in [2.05, 4.69) is 17.4 Å². The largest absolute Gasteiger partial charge is 0.444 e. The summed E-state index contributed by atoms with van der Waals surface area (Å²) in [5.41, 5.74) is 1.58. The minimum absolute atomic E-state index is 0.130. The highest BCUT2D eigenvalue weighted by Gasteiger charge is 2.27. The van der Waals surface area contributed by atoms with Crippen LogP contribution in [0.4, 0.5) is 15.3 Å². The van der Waals surface area contributed by atoms with Crippen molar-refractivity contribution in [3.8, 4) is 0 Å². The Morgan fingerprint density at radius 3 is 2.03 bits per heavy atom. The van der Waals surface area contributed by atoms with Crippen LogP contribution in [0.2, 0.25) is 0 Å². The minimum atomic E-state index is -0.512. The molecule has 1 fully saturated rings. The van der Waals surface area contributed by atoms with Crippen molar-refractivity contribution in [3.05, 3.63) is 29.8 Å². The summed E-state index contributed by atoms with van der Waals surface area (Å²) in [4.78, 5) is 28.1. The van der Waals surface area contributed by atoms with Crippen LogP contribution in [0.3, 0.4) is 0 Å². The number of amides is 3. The van der Waals surface area contributed by atoms with Crippen molar-refractivity contribution in [3.63, 3.8) is 0 Å². The van der Waals surface area contributed by atoms with E-state index in [9.17, 15) is 9.59 Å². The molecule has 32 heavy (non-hydrogen) atoms. The summed E-state index contributed by atoms with van der Waals surface area (Å²) in [5.74, 6) is 0. The number of unbranched alkanes of at least 4 members (excludes halogenated alkanes) is 5. The van der Waals surface area contributed by atoms with Gasteiger partial charge in [0.1, 0.15) is 5.60 Å². The first kappa shape index (κ1) is 26.0. The van der Waals surface area contributed by atoms with Gasteiger partial charge < -0.3 is 24.6 Å². The van der Waals surface area contributed by atoms with Crippen LogP contribution in [-0.4, -0.2) is 67.4 Å². The van der Waals surface area contributed by atoms with Crippen LogP contribution >= 0.6 is 0 Å². The first-order valence-electron chi connectivity index (χ1n) is 11.9. The highest BCUT2D eigenvalue weighted by Crippen LogP contribution is 2.16. The molecule has 3 amide bonds. The van der Waals surface area contributed by atoms with Gasteiger partial charge in [-0.05, 0) is 57.7 Å².